The van der Waals surface area contributed by atoms with Crippen LogP contribution in [-0.4, -0.2) is 77.6 Å². The number of rotatable bonds is 3. The molecule has 1 saturated heterocycles. The standard InChI is InChI=1S/C12H21N3O3/c1-13(10-3-2-4-10)12(18)15-7-5-14(6-8-15)9-11(16)17/h10H,2-9H2,1H3,(H,16,17). The zero-order chi connectivity index (χ0) is 13.1. The maximum absolute atomic E-state index is 12.2. The molecule has 2 amide bonds. The number of urea groups is 1. The Kier molecular flexibility index (Phi) is 4.06. The number of carboxylic acid groups (broad SMARTS) is 1. The highest BCUT2D eigenvalue weighted by Crippen LogP contribution is 2.24. The highest BCUT2D eigenvalue weighted by Gasteiger charge is 2.30. The molecule has 0 unspecified atom stereocenters. The molecule has 1 aliphatic heterocycles. The molecule has 1 heterocycles. The van der Waals surface area contributed by atoms with Crippen LogP contribution in [0, 0.1) is 0 Å². The first kappa shape index (κ1) is 13.1. The third-order valence-electron chi connectivity index (χ3n) is 3.93. The van der Waals surface area contributed by atoms with Crippen molar-refractivity contribution in [2.24, 2.45) is 0 Å². The van der Waals surface area contributed by atoms with Crippen LogP contribution in [0.1, 0.15) is 19.3 Å². The first-order chi connectivity index (χ1) is 8.58. The molecule has 18 heavy (non-hydrogen) atoms. The summed E-state index contributed by atoms with van der Waals surface area (Å²) in [7, 11) is 1.87. The van der Waals surface area contributed by atoms with E-state index in [0.717, 1.165) is 12.8 Å². The van der Waals surface area contributed by atoms with Crippen LogP contribution in [0.5, 0.6) is 0 Å². The Morgan fingerprint density at radius 2 is 1.83 bits per heavy atom. The van der Waals surface area contributed by atoms with Gasteiger partial charge in [-0.15, -0.1) is 0 Å². The summed E-state index contributed by atoms with van der Waals surface area (Å²) < 4.78 is 0. The van der Waals surface area contributed by atoms with E-state index in [-0.39, 0.29) is 12.6 Å². The van der Waals surface area contributed by atoms with Crippen LogP contribution in [-0.2, 0) is 4.79 Å². The van der Waals surface area contributed by atoms with Gasteiger partial charge in [0, 0.05) is 39.3 Å². The van der Waals surface area contributed by atoms with Gasteiger partial charge in [0.25, 0.3) is 0 Å². The monoisotopic (exact) mass is 255 g/mol. The molecule has 102 valence electrons. The van der Waals surface area contributed by atoms with E-state index >= 15 is 0 Å². The van der Waals surface area contributed by atoms with E-state index in [9.17, 15) is 9.59 Å². The van der Waals surface area contributed by atoms with E-state index in [1.807, 2.05) is 21.7 Å². The average molecular weight is 255 g/mol. The lowest BCUT2D eigenvalue weighted by Crippen LogP contribution is -2.55. The number of amides is 2. The van der Waals surface area contributed by atoms with E-state index in [1.165, 1.54) is 6.42 Å². The Morgan fingerprint density at radius 1 is 1.22 bits per heavy atom. The van der Waals surface area contributed by atoms with Gasteiger partial charge in [0.1, 0.15) is 0 Å². The van der Waals surface area contributed by atoms with Gasteiger partial charge >= 0.3 is 12.0 Å². The lowest BCUT2D eigenvalue weighted by atomic mass is 9.92. The molecule has 0 atom stereocenters. The summed E-state index contributed by atoms with van der Waals surface area (Å²) >= 11 is 0. The van der Waals surface area contributed by atoms with Crippen molar-refractivity contribution in [1.29, 1.82) is 0 Å². The predicted octanol–water partition coefficient (Wildman–Crippen LogP) is 0.293. The summed E-state index contributed by atoms with van der Waals surface area (Å²) in [5.74, 6) is -0.804. The Morgan fingerprint density at radius 3 is 2.28 bits per heavy atom. The number of carbonyl (C=O) groups excluding carboxylic acids is 1. The lowest BCUT2D eigenvalue weighted by molar-refractivity contribution is -0.138. The zero-order valence-corrected chi connectivity index (χ0v) is 10.8. The van der Waals surface area contributed by atoms with Crippen LogP contribution < -0.4 is 0 Å². The number of aliphatic carboxylic acids is 1. The van der Waals surface area contributed by atoms with Crippen LogP contribution in [0.15, 0.2) is 0 Å². The SMILES string of the molecule is CN(C(=O)N1CCN(CC(=O)O)CC1)C1CCC1. The third kappa shape index (κ3) is 2.93. The van der Waals surface area contributed by atoms with E-state index in [0.29, 0.717) is 32.2 Å². The maximum atomic E-state index is 12.2. The Hall–Kier alpha value is -1.30. The van der Waals surface area contributed by atoms with Crippen molar-refractivity contribution in [2.45, 2.75) is 25.3 Å². The van der Waals surface area contributed by atoms with Crippen molar-refractivity contribution < 1.29 is 14.7 Å². The predicted molar refractivity (Wildman–Crippen MR) is 66.4 cm³/mol. The Bertz CT molecular complexity index is 323. The van der Waals surface area contributed by atoms with E-state index in [4.69, 9.17) is 5.11 Å². The van der Waals surface area contributed by atoms with Gasteiger partial charge in [0.05, 0.1) is 6.54 Å². The van der Waals surface area contributed by atoms with Gasteiger partial charge in [0.15, 0.2) is 0 Å². The van der Waals surface area contributed by atoms with Crippen LogP contribution in [0.2, 0.25) is 0 Å². The zero-order valence-electron chi connectivity index (χ0n) is 10.8. The first-order valence-corrected chi connectivity index (χ1v) is 6.54. The van der Waals surface area contributed by atoms with Crippen LogP contribution in [0.3, 0.4) is 0 Å². The van der Waals surface area contributed by atoms with Crippen molar-refractivity contribution in [1.82, 2.24) is 14.7 Å². The van der Waals surface area contributed by atoms with E-state index < -0.39 is 5.97 Å². The minimum absolute atomic E-state index is 0.0699. The molecular weight excluding hydrogens is 234 g/mol. The molecule has 0 spiro atoms. The van der Waals surface area contributed by atoms with E-state index in [2.05, 4.69) is 0 Å². The Labute approximate surface area is 107 Å². The van der Waals surface area contributed by atoms with Gasteiger partial charge in [0.2, 0.25) is 0 Å². The van der Waals surface area contributed by atoms with Gasteiger partial charge in [-0.2, -0.15) is 0 Å². The second-order valence-electron chi connectivity index (χ2n) is 5.14. The molecule has 6 nitrogen and oxygen atoms in total. The molecule has 2 rings (SSSR count). The number of carbonyl (C=O) groups is 2. The quantitative estimate of drug-likeness (QED) is 0.787. The summed E-state index contributed by atoms with van der Waals surface area (Å²) in [6, 6.07) is 0.504. The fraction of sp³-hybridized carbons (Fsp3) is 0.833. The van der Waals surface area contributed by atoms with E-state index in [1.54, 1.807) is 0 Å². The molecule has 6 heteroatoms. The topological polar surface area (TPSA) is 64.1 Å². The molecule has 1 aliphatic carbocycles. The highest BCUT2D eigenvalue weighted by atomic mass is 16.4. The number of nitrogens with zero attached hydrogens (tertiary/aromatic N) is 3. The highest BCUT2D eigenvalue weighted by molar-refractivity contribution is 5.75. The second kappa shape index (κ2) is 5.56. The molecule has 0 aromatic carbocycles. The molecule has 0 aromatic rings. The van der Waals surface area contributed by atoms with Crippen molar-refractivity contribution in [3.05, 3.63) is 0 Å². The van der Waals surface area contributed by atoms with Gasteiger partial charge in [-0.3, -0.25) is 9.69 Å². The molecule has 0 radical (unpaired) electrons. The summed E-state index contributed by atoms with van der Waals surface area (Å²) in [6.07, 6.45) is 3.44. The van der Waals surface area contributed by atoms with Crippen molar-refractivity contribution in [2.75, 3.05) is 39.8 Å². The van der Waals surface area contributed by atoms with Gasteiger partial charge in [-0.25, -0.2) is 4.79 Å². The maximum Gasteiger partial charge on any atom is 0.320 e. The molecular formula is C12H21N3O3. The Balaban J connectivity index is 1.78. The number of hydrogen-bond donors (Lipinski definition) is 1. The van der Waals surface area contributed by atoms with Crippen LogP contribution >= 0.6 is 0 Å². The third-order valence-corrected chi connectivity index (χ3v) is 3.93. The fourth-order valence-electron chi connectivity index (χ4n) is 2.44. The van der Waals surface area contributed by atoms with Gasteiger partial charge in [-0.1, -0.05) is 0 Å². The average Bonchev–Trinajstić information content (AvgIpc) is 2.26. The summed E-state index contributed by atoms with van der Waals surface area (Å²) in [4.78, 5) is 28.3. The number of carboxylic acids is 1. The van der Waals surface area contributed by atoms with Crippen LogP contribution in [0.4, 0.5) is 4.79 Å². The normalized spacial score (nSPS) is 21.5. The molecule has 2 aliphatic rings. The second-order valence-corrected chi connectivity index (χ2v) is 5.14. The van der Waals surface area contributed by atoms with Gasteiger partial charge in [-0.05, 0) is 19.3 Å². The first-order valence-electron chi connectivity index (χ1n) is 6.54. The smallest absolute Gasteiger partial charge is 0.320 e. The van der Waals surface area contributed by atoms with Crippen molar-refractivity contribution >= 4 is 12.0 Å². The van der Waals surface area contributed by atoms with Gasteiger partial charge < -0.3 is 14.9 Å². The minimum atomic E-state index is -0.804. The minimum Gasteiger partial charge on any atom is -0.480 e. The van der Waals surface area contributed by atoms with Crippen molar-refractivity contribution in [3.63, 3.8) is 0 Å². The molecule has 1 saturated carbocycles. The van der Waals surface area contributed by atoms with Crippen LogP contribution in [0.25, 0.3) is 0 Å². The largest absolute Gasteiger partial charge is 0.480 e. The molecule has 2 fully saturated rings. The molecule has 1 N–H and O–H groups in total. The van der Waals surface area contributed by atoms with Crippen molar-refractivity contribution in [3.8, 4) is 0 Å². The summed E-state index contributed by atoms with van der Waals surface area (Å²) in [6.45, 7) is 2.62. The molecule has 0 aromatic heterocycles. The fourth-order valence-corrected chi connectivity index (χ4v) is 2.44. The number of piperazine rings is 1. The number of hydrogen-bond acceptors (Lipinski definition) is 3. The molecule has 0 bridgehead atoms. The summed E-state index contributed by atoms with van der Waals surface area (Å²) in [5.41, 5.74) is 0. The lowest BCUT2D eigenvalue weighted by Gasteiger charge is -2.40. The summed E-state index contributed by atoms with van der Waals surface area (Å²) in [5, 5.41) is 8.71.